The van der Waals surface area contributed by atoms with Crippen LogP contribution in [0.15, 0.2) is 12.7 Å². The highest BCUT2D eigenvalue weighted by Crippen LogP contribution is 2.23. The van der Waals surface area contributed by atoms with Gasteiger partial charge in [0, 0.05) is 12.5 Å². The van der Waals surface area contributed by atoms with Gasteiger partial charge >= 0.3 is 12.1 Å². The van der Waals surface area contributed by atoms with Gasteiger partial charge in [0.2, 0.25) is 0 Å². The monoisotopic (exact) mass is 292 g/mol. The van der Waals surface area contributed by atoms with Gasteiger partial charge in [-0.3, -0.25) is 0 Å². The summed E-state index contributed by atoms with van der Waals surface area (Å²) in [5.41, 5.74) is 0. The van der Waals surface area contributed by atoms with Crippen LogP contribution in [0.3, 0.4) is 0 Å². The predicted molar refractivity (Wildman–Crippen MR) is 53.6 cm³/mol. The summed E-state index contributed by atoms with van der Waals surface area (Å²) in [5.74, 6) is -4.57. The van der Waals surface area contributed by atoms with Gasteiger partial charge in [0.05, 0.1) is 6.10 Å². The van der Waals surface area contributed by atoms with Crippen LogP contribution in [-0.4, -0.2) is 49.1 Å². The maximum absolute atomic E-state index is 13.0. The van der Waals surface area contributed by atoms with Crippen LogP contribution in [0.5, 0.6) is 0 Å². The number of carbonyl (C=O) groups is 1. The second-order valence-corrected chi connectivity index (χ2v) is 3.66. The maximum atomic E-state index is 13.0. The van der Waals surface area contributed by atoms with E-state index >= 15 is 0 Å². The number of rotatable bonds is 8. The quantitative estimate of drug-likeness (QED) is 0.420. The fourth-order valence-electron chi connectivity index (χ4n) is 1.02. The third kappa shape index (κ3) is 10.4. The molecule has 0 aliphatic carbocycles. The first-order chi connectivity index (χ1) is 8.56. The van der Waals surface area contributed by atoms with E-state index in [4.69, 9.17) is 5.11 Å². The van der Waals surface area contributed by atoms with Crippen molar-refractivity contribution < 1.29 is 41.3 Å². The van der Waals surface area contributed by atoms with E-state index < -0.39 is 50.4 Å². The molecule has 0 aromatic heterocycles. The SMILES string of the molecule is C=CC(=O)OCC(O)CC(F)(F)COCC(F)(F)F. The van der Waals surface area contributed by atoms with Crippen molar-refractivity contribution in [3.8, 4) is 0 Å². The van der Waals surface area contributed by atoms with E-state index in [-0.39, 0.29) is 0 Å². The van der Waals surface area contributed by atoms with Gasteiger partial charge in [-0.1, -0.05) is 6.58 Å². The molecular formula is C10H13F5O4. The number of alkyl halides is 5. The standard InChI is InChI=1S/C10H13F5O4/c1-2-8(17)19-4-7(16)3-9(11,12)5-18-6-10(13,14)15/h2,7,16H,1,3-6H2. The summed E-state index contributed by atoms with van der Waals surface area (Å²) < 4.78 is 69.1. The summed E-state index contributed by atoms with van der Waals surface area (Å²) in [6.45, 7) is -0.951. The Bertz CT molecular complexity index is 303. The number of halogens is 5. The summed E-state index contributed by atoms with van der Waals surface area (Å²) in [7, 11) is 0. The molecular weight excluding hydrogens is 279 g/mol. The van der Waals surface area contributed by atoms with Crippen LogP contribution in [-0.2, 0) is 14.3 Å². The van der Waals surface area contributed by atoms with Crippen molar-refractivity contribution in [2.75, 3.05) is 19.8 Å². The fourth-order valence-corrected chi connectivity index (χ4v) is 1.02. The minimum atomic E-state index is -4.70. The smallest absolute Gasteiger partial charge is 0.411 e. The molecule has 0 fully saturated rings. The van der Waals surface area contributed by atoms with Crippen molar-refractivity contribution in [2.24, 2.45) is 0 Å². The predicted octanol–water partition coefficient (Wildman–Crippen LogP) is 1.68. The van der Waals surface area contributed by atoms with Gasteiger partial charge in [0.15, 0.2) is 0 Å². The molecule has 0 aliphatic rings. The van der Waals surface area contributed by atoms with Gasteiger partial charge in [-0.05, 0) is 0 Å². The molecule has 1 unspecified atom stereocenters. The third-order valence-electron chi connectivity index (χ3n) is 1.70. The van der Waals surface area contributed by atoms with Crippen molar-refractivity contribution in [1.29, 1.82) is 0 Å². The Hall–Kier alpha value is -1.22. The number of ether oxygens (including phenoxy) is 2. The van der Waals surface area contributed by atoms with E-state index in [1.807, 2.05) is 0 Å². The van der Waals surface area contributed by atoms with E-state index in [1.54, 1.807) is 0 Å². The number of aliphatic hydroxyl groups is 1. The van der Waals surface area contributed by atoms with Gasteiger partial charge in [-0.2, -0.15) is 13.2 Å². The summed E-state index contributed by atoms with van der Waals surface area (Å²) >= 11 is 0. The Morgan fingerprint density at radius 2 is 1.84 bits per heavy atom. The highest BCUT2D eigenvalue weighted by atomic mass is 19.4. The topological polar surface area (TPSA) is 55.8 Å². The fraction of sp³-hybridized carbons (Fsp3) is 0.700. The van der Waals surface area contributed by atoms with Crippen molar-refractivity contribution >= 4 is 5.97 Å². The maximum Gasteiger partial charge on any atom is 0.411 e. The largest absolute Gasteiger partial charge is 0.460 e. The van der Waals surface area contributed by atoms with E-state index in [1.165, 1.54) is 0 Å². The van der Waals surface area contributed by atoms with Gasteiger partial charge < -0.3 is 14.6 Å². The lowest BCUT2D eigenvalue weighted by Crippen LogP contribution is -2.33. The molecule has 1 N–H and O–H groups in total. The number of hydrogen-bond donors (Lipinski definition) is 1. The number of esters is 1. The van der Waals surface area contributed by atoms with Crippen molar-refractivity contribution in [3.05, 3.63) is 12.7 Å². The van der Waals surface area contributed by atoms with Crippen LogP contribution in [0.1, 0.15) is 6.42 Å². The molecule has 19 heavy (non-hydrogen) atoms. The van der Waals surface area contributed by atoms with Crippen LogP contribution in [0.2, 0.25) is 0 Å². The lowest BCUT2D eigenvalue weighted by atomic mass is 10.1. The zero-order chi connectivity index (χ0) is 15.1. The molecule has 112 valence electrons. The lowest BCUT2D eigenvalue weighted by molar-refractivity contribution is -0.195. The van der Waals surface area contributed by atoms with E-state index in [9.17, 15) is 26.7 Å². The van der Waals surface area contributed by atoms with Crippen molar-refractivity contribution in [3.63, 3.8) is 0 Å². The lowest BCUT2D eigenvalue weighted by Gasteiger charge is -2.20. The van der Waals surface area contributed by atoms with Gasteiger partial charge in [-0.25, -0.2) is 13.6 Å². The molecule has 4 nitrogen and oxygen atoms in total. The second-order valence-electron chi connectivity index (χ2n) is 3.66. The summed E-state index contributed by atoms with van der Waals surface area (Å²) in [6, 6.07) is 0. The molecule has 9 heteroatoms. The van der Waals surface area contributed by atoms with Gasteiger partial charge in [0.25, 0.3) is 5.92 Å². The molecule has 1 atom stereocenters. The molecule has 0 aromatic rings. The molecule has 0 spiro atoms. The second kappa shape index (κ2) is 7.39. The first-order valence-corrected chi connectivity index (χ1v) is 5.05. The van der Waals surface area contributed by atoms with Crippen LogP contribution in [0.25, 0.3) is 0 Å². The van der Waals surface area contributed by atoms with Crippen molar-refractivity contribution in [1.82, 2.24) is 0 Å². The van der Waals surface area contributed by atoms with E-state index in [0.717, 1.165) is 6.08 Å². The number of aliphatic hydroxyl groups excluding tert-OH is 1. The molecule has 0 heterocycles. The molecule has 0 amide bonds. The minimum Gasteiger partial charge on any atom is -0.460 e. The molecule has 0 radical (unpaired) electrons. The molecule has 0 bridgehead atoms. The number of hydrogen-bond acceptors (Lipinski definition) is 4. The average Bonchev–Trinajstić information content (AvgIpc) is 2.22. The summed E-state index contributed by atoms with van der Waals surface area (Å²) in [4.78, 5) is 10.6. The molecule has 0 rings (SSSR count). The Kier molecular flexibility index (Phi) is 6.91. The zero-order valence-electron chi connectivity index (χ0n) is 9.75. The third-order valence-corrected chi connectivity index (χ3v) is 1.70. The Morgan fingerprint density at radius 3 is 2.32 bits per heavy atom. The molecule has 0 aliphatic heterocycles. The Morgan fingerprint density at radius 1 is 1.26 bits per heavy atom. The van der Waals surface area contributed by atoms with Crippen LogP contribution in [0, 0.1) is 0 Å². The molecule has 0 saturated carbocycles. The van der Waals surface area contributed by atoms with Crippen molar-refractivity contribution in [2.45, 2.75) is 24.6 Å². The Balaban J connectivity index is 3.99. The molecule has 0 aromatic carbocycles. The first-order valence-electron chi connectivity index (χ1n) is 5.05. The zero-order valence-corrected chi connectivity index (χ0v) is 9.75. The van der Waals surface area contributed by atoms with Gasteiger partial charge in [-0.15, -0.1) is 0 Å². The average molecular weight is 292 g/mol. The molecule has 0 saturated heterocycles. The highest BCUT2D eigenvalue weighted by molar-refractivity contribution is 5.81. The minimum absolute atomic E-state index is 0.709. The van der Waals surface area contributed by atoms with E-state index in [2.05, 4.69) is 16.1 Å². The van der Waals surface area contributed by atoms with E-state index in [0.29, 0.717) is 0 Å². The Labute approximate surface area is 105 Å². The van der Waals surface area contributed by atoms with Crippen LogP contribution in [0.4, 0.5) is 22.0 Å². The highest BCUT2D eigenvalue weighted by Gasteiger charge is 2.35. The summed E-state index contributed by atoms with van der Waals surface area (Å²) in [5, 5.41) is 9.12. The number of carbonyl (C=O) groups excluding carboxylic acids is 1. The van der Waals surface area contributed by atoms with Crippen LogP contribution >= 0.6 is 0 Å². The van der Waals surface area contributed by atoms with Crippen LogP contribution < -0.4 is 0 Å². The normalized spacial score (nSPS) is 14.0. The first kappa shape index (κ1) is 17.8. The van der Waals surface area contributed by atoms with Gasteiger partial charge in [0.1, 0.15) is 19.8 Å². The summed E-state index contributed by atoms with van der Waals surface area (Å²) in [6.07, 6.45) is -6.82.